The fourth-order valence-electron chi connectivity index (χ4n) is 2.59. The second kappa shape index (κ2) is 9.04. The highest BCUT2D eigenvalue weighted by molar-refractivity contribution is 9.10. The standard InChI is InChI=1S/C21H26BrNO2/c1-5-19(16-8-6-15(4)7-9-16)23-21(24)13-25-20-11-10-17(14(2)3)12-18(20)22/h6-12,14,19H,5,13H2,1-4H3,(H,23,24). The highest BCUT2D eigenvalue weighted by atomic mass is 79.9. The Labute approximate surface area is 158 Å². The summed E-state index contributed by atoms with van der Waals surface area (Å²) in [5.74, 6) is 1.02. The van der Waals surface area contributed by atoms with Gasteiger partial charge in [0.1, 0.15) is 5.75 Å². The predicted octanol–water partition coefficient (Wildman–Crippen LogP) is 5.53. The quantitative estimate of drug-likeness (QED) is 0.659. The van der Waals surface area contributed by atoms with Crippen LogP contribution in [-0.2, 0) is 4.79 Å². The molecule has 1 atom stereocenters. The second-order valence-electron chi connectivity index (χ2n) is 6.57. The van der Waals surface area contributed by atoms with Crippen LogP contribution in [0.5, 0.6) is 5.75 Å². The Morgan fingerprint density at radius 1 is 1.12 bits per heavy atom. The molecule has 3 nitrogen and oxygen atoms in total. The number of amides is 1. The van der Waals surface area contributed by atoms with Crippen molar-refractivity contribution in [3.8, 4) is 5.75 Å². The van der Waals surface area contributed by atoms with Gasteiger partial charge in [-0.3, -0.25) is 4.79 Å². The number of ether oxygens (including phenoxy) is 1. The van der Waals surface area contributed by atoms with Crippen LogP contribution in [0.15, 0.2) is 46.9 Å². The van der Waals surface area contributed by atoms with Crippen LogP contribution in [-0.4, -0.2) is 12.5 Å². The molecule has 0 aliphatic carbocycles. The molecule has 0 bridgehead atoms. The van der Waals surface area contributed by atoms with Crippen LogP contribution in [0.3, 0.4) is 0 Å². The molecule has 134 valence electrons. The lowest BCUT2D eigenvalue weighted by molar-refractivity contribution is -0.123. The van der Waals surface area contributed by atoms with Crippen LogP contribution >= 0.6 is 15.9 Å². The Morgan fingerprint density at radius 3 is 2.32 bits per heavy atom. The van der Waals surface area contributed by atoms with Crippen molar-refractivity contribution in [3.05, 3.63) is 63.6 Å². The molecule has 1 unspecified atom stereocenters. The van der Waals surface area contributed by atoms with Crippen LogP contribution in [0.1, 0.15) is 55.8 Å². The number of carbonyl (C=O) groups is 1. The van der Waals surface area contributed by atoms with Crippen molar-refractivity contribution in [2.45, 2.75) is 46.1 Å². The third-order valence-corrected chi connectivity index (χ3v) is 4.82. The van der Waals surface area contributed by atoms with Crippen molar-refractivity contribution in [2.75, 3.05) is 6.61 Å². The summed E-state index contributed by atoms with van der Waals surface area (Å²) in [6, 6.07) is 14.2. The summed E-state index contributed by atoms with van der Waals surface area (Å²) in [6.45, 7) is 8.41. The van der Waals surface area contributed by atoms with Crippen LogP contribution in [0.2, 0.25) is 0 Å². The number of benzene rings is 2. The van der Waals surface area contributed by atoms with Gasteiger partial charge in [-0.1, -0.05) is 56.7 Å². The number of hydrogen-bond acceptors (Lipinski definition) is 2. The summed E-state index contributed by atoms with van der Waals surface area (Å²) in [6.07, 6.45) is 0.835. The van der Waals surface area contributed by atoms with E-state index in [1.165, 1.54) is 11.1 Å². The Bertz CT molecular complexity index is 710. The first-order chi connectivity index (χ1) is 11.9. The van der Waals surface area contributed by atoms with Crippen LogP contribution in [0.25, 0.3) is 0 Å². The predicted molar refractivity (Wildman–Crippen MR) is 106 cm³/mol. The van der Waals surface area contributed by atoms with Crippen molar-refractivity contribution in [3.63, 3.8) is 0 Å². The van der Waals surface area contributed by atoms with Gasteiger partial charge in [-0.05, 0) is 58.5 Å². The zero-order valence-corrected chi connectivity index (χ0v) is 16.9. The van der Waals surface area contributed by atoms with Gasteiger partial charge >= 0.3 is 0 Å². The smallest absolute Gasteiger partial charge is 0.258 e. The Morgan fingerprint density at radius 2 is 1.76 bits per heavy atom. The van der Waals surface area contributed by atoms with Crippen LogP contribution in [0.4, 0.5) is 0 Å². The van der Waals surface area contributed by atoms with Gasteiger partial charge in [0, 0.05) is 0 Å². The van der Waals surface area contributed by atoms with Gasteiger partial charge in [-0.2, -0.15) is 0 Å². The number of nitrogens with one attached hydrogen (secondary N) is 1. The largest absolute Gasteiger partial charge is 0.483 e. The topological polar surface area (TPSA) is 38.3 Å². The van der Waals surface area contributed by atoms with Gasteiger partial charge in [0.2, 0.25) is 0 Å². The van der Waals surface area contributed by atoms with Crippen molar-refractivity contribution < 1.29 is 9.53 Å². The Kier molecular flexibility index (Phi) is 7.06. The van der Waals surface area contributed by atoms with E-state index in [9.17, 15) is 4.79 Å². The number of carbonyl (C=O) groups excluding carboxylic acids is 1. The third-order valence-electron chi connectivity index (χ3n) is 4.20. The maximum Gasteiger partial charge on any atom is 0.258 e. The first kappa shape index (κ1) is 19.5. The highest BCUT2D eigenvalue weighted by Gasteiger charge is 2.14. The molecule has 0 spiro atoms. The van der Waals surface area contributed by atoms with Crippen molar-refractivity contribution in [2.24, 2.45) is 0 Å². The van der Waals surface area contributed by atoms with Crippen LogP contribution in [0, 0.1) is 6.92 Å². The number of halogens is 1. The number of rotatable bonds is 7. The molecule has 0 heterocycles. The first-order valence-corrected chi connectivity index (χ1v) is 9.48. The maximum atomic E-state index is 12.3. The van der Waals surface area contributed by atoms with Gasteiger partial charge in [-0.25, -0.2) is 0 Å². The molecular weight excluding hydrogens is 378 g/mol. The summed E-state index contributed by atoms with van der Waals surface area (Å²) >= 11 is 3.52. The lowest BCUT2D eigenvalue weighted by Crippen LogP contribution is -2.32. The molecule has 2 aromatic rings. The van der Waals surface area contributed by atoms with E-state index in [-0.39, 0.29) is 18.6 Å². The minimum absolute atomic E-state index is 0.00197. The van der Waals surface area contributed by atoms with Gasteiger partial charge in [0.25, 0.3) is 5.91 Å². The van der Waals surface area contributed by atoms with Gasteiger partial charge in [0.05, 0.1) is 10.5 Å². The fourth-order valence-corrected chi connectivity index (χ4v) is 3.10. The molecule has 0 aliphatic rings. The molecule has 0 aliphatic heterocycles. The lowest BCUT2D eigenvalue weighted by Gasteiger charge is -2.18. The summed E-state index contributed by atoms with van der Waals surface area (Å²) in [4.78, 5) is 12.3. The van der Waals surface area contributed by atoms with Crippen molar-refractivity contribution in [1.82, 2.24) is 5.32 Å². The molecule has 1 N–H and O–H groups in total. The Hall–Kier alpha value is -1.81. The molecule has 1 amide bonds. The fraction of sp³-hybridized carbons (Fsp3) is 0.381. The van der Waals surface area contributed by atoms with Gasteiger partial charge in [0.15, 0.2) is 6.61 Å². The molecule has 2 aromatic carbocycles. The van der Waals surface area contributed by atoms with E-state index in [0.717, 1.165) is 16.5 Å². The third kappa shape index (κ3) is 5.60. The average molecular weight is 404 g/mol. The molecule has 0 aromatic heterocycles. The molecule has 2 rings (SSSR count). The van der Waals surface area contributed by atoms with Gasteiger partial charge < -0.3 is 10.1 Å². The monoisotopic (exact) mass is 403 g/mol. The normalized spacial score (nSPS) is 12.1. The van der Waals surface area contributed by atoms with E-state index in [2.05, 4.69) is 73.2 Å². The minimum atomic E-state index is -0.118. The van der Waals surface area contributed by atoms with E-state index >= 15 is 0 Å². The highest BCUT2D eigenvalue weighted by Crippen LogP contribution is 2.29. The van der Waals surface area contributed by atoms with Crippen molar-refractivity contribution >= 4 is 21.8 Å². The molecule has 0 saturated carbocycles. The molecule has 0 radical (unpaired) electrons. The SMILES string of the molecule is CCC(NC(=O)COc1ccc(C(C)C)cc1Br)c1ccc(C)cc1. The summed E-state index contributed by atoms with van der Waals surface area (Å²) in [5.41, 5.74) is 3.56. The molecule has 4 heteroatoms. The van der Waals surface area contributed by atoms with E-state index < -0.39 is 0 Å². The number of hydrogen-bond donors (Lipinski definition) is 1. The number of aryl methyl sites for hydroxylation is 1. The maximum absolute atomic E-state index is 12.3. The average Bonchev–Trinajstić information content (AvgIpc) is 2.59. The second-order valence-corrected chi connectivity index (χ2v) is 7.43. The molecular formula is C21H26BrNO2. The molecule has 0 saturated heterocycles. The minimum Gasteiger partial charge on any atom is -0.483 e. The van der Waals surface area contributed by atoms with Crippen molar-refractivity contribution in [1.29, 1.82) is 0 Å². The zero-order chi connectivity index (χ0) is 18.4. The van der Waals surface area contributed by atoms with E-state index in [1.807, 2.05) is 18.2 Å². The lowest BCUT2D eigenvalue weighted by atomic mass is 10.0. The summed E-state index contributed by atoms with van der Waals surface area (Å²) in [7, 11) is 0. The first-order valence-electron chi connectivity index (χ1n) is 8.68. The van der Waals surface area contributed by atoms with E-state index in [4.69, 9.17) is 4.74 Å². The zero-order valence-electron chi connectivity index (χ0n) is 15.3. The van der Waals surface area contributed by atoms with Gasteiger partial charge in [-0.15, -0.1) is 0 Å². The molecule has 0 fully saturated rings. The Balaban J connectivity index is 1.94. The van der Waals surface area contributed by atoms with Crippen LogP contribution < -0.4 is 10.1 Å². The van der Waals surface area contributed by atoms with E-state index in [0.29, 0.717) is 11.7 Å². The molecule has 25 heavy (non-hydrogen) atoms. The summed E-state index contributed by atoms with van der Waals surface area (Å²) < 4.78 is 6.55. The summed E-state index contributed by atoms with van der Waals surface area (Å²) in [5, 5.41) is 3.04. The van der Waals surface area contributed by atoms with E-state index in [1.54, 1.807) is 0 Å².